The SMILES string of the molecule is Cn1ccc(C(=O)c2cnccc2C(F)(F)F)n1. The Morgan fingerprint density at radius 1 is 1.33 bits per heavy atom. The van der Waals surface area contributed by atoms with Crippen LogP contribution in [0, 0.1) is 0 Å². The summed E-state index contributed by atoms with van der Waals surface area (Å²) in [6, 6.07) is 2.13. The van der Waals surface area contributed by atoms with Gasteiger partial charge in [-0.25, -0.2) is 0 Å². The van der Waals surface area contributed by atoms with Gasteiger partial charge in [0, 0.05) is 25.6 Å². The van der Waals surface area contributed by atoms with E-state index in [0.717, 1.165) is 18.5 Å². The second kappa shape index (κ2) is 4.25. The van der Waals surface area contributed by atoms with E-state index in [1.54, 1.807) is 7.05 Å². The molecule has 0 bridgehead atoms. The van der Waals surface area contributed by atoms with E-state index in [1.807, 2.05) is 0 Å². The van der Waals surface area contributed by atoms with Crippen molar-refractivity contribution in [1.82, 2.24) is 14.8 Å². The van der Waals surface area contributed by atoms with Crippen molar-refractivity contribution in [2.75, 3.05) is 0 Å². The summed E-state index contributed by atoms with van der Waals surface area (Å²) in [5.74, 6) is -0.795. The number of rotatable bonds is 2. The standard InChI is InChI=1S/C11H8F3N3O/c1-17-5-3-9(16-17)10(18)7-6-15-4-2-8(7)11(12,13)14/h2-6H,1H3. The molecule has 0 aromatic carbocycles. The highest BCUT2D eigenvalue weighted by molar-refractivity contribution is 6.08. The monoisotopic (exact) mass is 255 g/mol. The van der Waals surface area contributed by atoms with Crippen molar-refractivity contribution in [3.63, 3.8) is 0 Å². The van der Waals surface area contributed by atoms with Gasteiger partial charge in [0.2, 0.25) is 5.78 Å². The van der Waals surface area contributed by atoms with Crippen molar-refractivity contribution < 1.29 is 18.0 Å². The summed E-state index contributed by atoms with van der Waals surface area (Å²) < 4.78 is 39.5. The van der Waals surface area contributed by atoms with Crippen LogP contribution < -0.4 is 0 Å². The van der Waals surface area contributed by atoms with E-state index in [-0.39, 0.29) is 5.69 Å². The summed E-state index contributed by atoms with van der Waals surface area (Å²) in [6.07, 6.45) is -1.21. The van der Waals surface area contributed by atoms with Gasteiger partial charge in [-0.2, -0.15) is 18.3 Å². The predicted octanol–water partition coefficient (Wildman–Crippen LogP) is 2.06. The summed E-state index contributed by atoms with van der Waals surface area (Å²) in [5.41, 5.74) is -1.55. The molecule has 0 aliphatic heterocycles. The van der Waals surface area contributed by atoms with Crippen molar-refractivity contribution in [3.8, 4) is 0 Å². The zero-order valence-electron chi connectivity index (χ0n) is 9.27. The van der Waals surface area contributed by atoms with Crippen LogP contribution in [0.25, 0.3) is 0 Å². The molecule has 2 aromatic heterocycles. The van der Waals surface area contributed by atoms with E-state index >= 15 is 0 Å². The Kier molecular flexibility index (Phi) is 2.90. The van der Waals surface area contributed by atoms with Crippen LogP contribution in [-0.4, -0.2) is 20.5 Å². The Morgan fingerprint density at radius 2 is 2.06 bits per heavy atom. The Bertz CT molecular complexity index is 589. The summed E-state index contributed by atoms with van der Waals surface area (Å²) in [5, 5.41) is 3.78. The predicted molar refractivity (Wildman–Crippen MR) is 55.9 cm³/mol. The van der Waals surface area contributed by atoms with Gasteiger partial charge in [0.15, 0.2) is 0 Å². The lowest BCUT2D eigenvalue weighted by molar-refractivity contribution is -0.137. The van der Waals surface area contributed by atoms with Gasteiger partial charge in [-0.05, 0) is 12.1 Å². The Morgan fingerprint density at radius 3 is 2.61 bits per heavy atom. The minimum absolute atomic E-state index is 0.0454. The van der Waals surface area contributed by atoms with Gasteiger partial charge in [0.05, 0.1) is 11.1 Å². The van der Waals surface area contributed by atoms with Crippen molar-refractivity contribution in [3.05, 3.63) is 47.5 Å². The minimum Gasteiger partial charge on any atom is -0.287 e. The maximum Gasteiger partial charge on any atom is 0.417 e. The first-order valence-electron chi connectivity index (χ1n) is 4.95. The zero-order valence-corrected chi connectivity index (χ0v) is 9.27. The second-order valence-electron chi connectivity index (χ2n) is 3.62. The molecule has 0 saturated carbocycles. The normalized spacial score (nSPS) is 11.6. The number of aromatic nitrogens is 3. The first kappa shape index (κ1) is 12.3. The molecule has 0 atom stereocenters. The maximum absolute atomic E-state index is 12.7. The largest absolute Gasteiger partial charge is 0.417 e. The number of pyridine rings is 1. The van der Waals surface area contributed by atoms with E-state index in [2.05, 4.69) is 10.1 Å². The number of hydrogen-bond donors (Lipinski definition) is 0. The zero-order chi connectivity index (χ0) is 13.3. The van der Waals surface area contributed by atoms with Crippen LogP contribution in [0.1, 0.15) is 21.6 Å². The van der Waals surface area contributed by atoms with Crippen molar-refractivity contribution in [2.45, 2.75) is 6.18 Å². The van der Waals surface area contributed by atoms with E-state index in [0.29, 0.717) is 0 Å². The van der Waals surface area contributed by atoms with E-state index in [1.165, 1.54) is 16.9 Å². The molecule has 2 rings (SSSR count). The Labute approximate surface area is 100 Å². The summed E-state index contributed by atoms with van der Waals surface area (Å²) in [4.78, 5) is 15.5. The number of carbonyl (C=O) groups is 1. The summed E-state index contributed by atoms with van der Waals surface area (Å²) in [7, 11) is 1.57. The molecule has 0 saturated heterocycles. The molecule has 0 aliphatic carbocycles. The molecule has 0 N–H and O–H groups in total. The lowest BCUT2D eigenvalue weighted by atomic mass is 10.0. The van der Waals surface area contributed by atoms with Gasteiger partial charge in [-0.1, -0.05) is 0 Å². The molecule has 0 aliphatic rings. The van der Waals surface area contributed by atoms with Gasteiger partial charge in [0.25, 0.3) is 0 Å². The number of hydrogen-bond acceptors (Lipinski definition) is 3. The molecule has 4 nitrogen and oxygen atoms in total. The van der Waals surface area contributed by atoms with E-state index in [4.69, 9.17) is 0 Å². The Balaban J connectivity index is 2.49. The third-order valence-electron chi connectivity index (χ3n) is 2.32. The van der Waals surface area contributed by atoms with Gasteiger partial charge >= 0.3 is 6.18 Å². The van der Waals surface area contributed by atoms with Gasteiger partial charge in [-0.15, -0.1) is 0 Å². The number of nitrogens with zero attached hydrogens (tertiary/aromatic N) is 3. The molecule has 0 spiro atoms. The first-order valence-corrected chi connectivity index (χ1v) is 4.95. The minimum atomic E-state index is -4.59. The quantitative estimate of drug-likeness (QED) is 0.772. The molecule has 2 heterocycles. The van der Waals surface area contributed by atoms with Crippen molar-refractivity contribution >= 4 is 5.78 Å². The third kappa shape index (κ3) is 2.24. The van der Waals surface area contributed by atoms with Crippen LogP contribution in [0.3, 0.4) is 0 Å². The smallest absolute Gasteiger partial charge is 0.287 e. The molecular formula is C11H8F3N3O. The second-order valence-corrected chi connectivity index (χ2v) is 3.62. The highest BCUT2D eigenvalue weighted by Crippen LogP contribution is 2.32. The highest BCUT2D eigenvalue weighted by atomic mass is 19.4. The Hall–Kier alpha value is -2.18. The number of aryl methyl sites for hydroxylation is 1. The molecule has 0 unspecified atom stereocenters. The molecular weight excluding hydrogens is 247 g/mol. The van der Waals surface area contributed by atoms with Crippen molar-refractivity contribution in [2.24, 2.45) is 7.05 Å². The molecule has 7 heteroatoms. The van der Waals surface area contributed by atoms with Gasteiger partial charge in [-0.3, -0.25) is 14.5 Å². The third-order valence-corrected chi connectivity index (χ3v) is 2.32. The summed E-state index contributed by atoms with van der Waals surface area (Å²) >= 11 is 0. The van der Waals surface area contributed by atoms with Crippen LogP contribution in [0.4, 0.5) is 13.2 Å². The fraction of sp³-hybridized carbons (Fsp3) is 0.182. The van der Waals surface area contributed by atoms with Crippen LogP contribution in [-0.2, 0) is 13.2 Å². The van der Waals surface area contributed by atoms with Crippen LogP contribution in [0.15, 0.2) is 30.7 Å². The lowest BCUT2D eigenvalue weighted by Gasteiger charge is -2.10. The molecule has 18 heavy (non-hydrogen) atoms. The first-order chi connectivity index (χ1) is 8.39. The lowest BCUT2D eigenvalue weighted by Crippen LogP contribution is -2.14. The number of ketones is 1. The highest BCUT2D eigenvalue weighted by Gasteiger charge is 2.35. The van der Waals surface area contributed by atoms with Gasteiger partial charge in [0.1, 0.15) is 5.69 Å². The molecule has 0 radical (unpaired) electrons. The van der Waals surface area contributed by atoms with E-state index in [9.17, 15) is 18.0 Å². The molecule has 0 fully saturated rings. The topological polar surface area (TPSA) is 47.8 Å². The van der Waals surface area contributed by atoms with Crippen LogP contribution >= 0.6 is 0 Å². The van der Waals surface area contributed by atoms with Crippen molar-refractivity contribution in [1.29, 1.82) is 0 Å². The van der Waals surface area contributed by atoms with Crippen LogP contribution in [0.2, 0.25) is 0 Å². The molecule has 2 aromatic rings. The summed E-state index contributed by atoms with van der Waals surface area (Å²) in [6.45, 7) is 0. The maximum atomic E-state index is 12.7. The van der Waals surface area contributed by atoms with Gasteiger partial charge < -0.3 is 0 Å². The van der Waals surface area contributed by atoms with E-state index < -0.39 is 23.1 Å². The average molecular weight is 255 g/mol. The fourth-order valence-electron chi connectivity index (χ4n) is 1.50. The average Bonchev–Trinajstić information content (AvgIpc) is 2.74. The van der Waals surface area contributed by atoms with Crippen LogP contribution in [0.5, 0.6) is 0 Å². The molecule has 94 valence electrons. The fourth-order valence-corrected chi connectivity index (χ4v) is 1.50. The number of carbonyl (C=O) groups excluding carboxylic acids is 1. The number of halogens is 3. The molecule has 0 amide bonds. The number of alkyl halides is 3.